The lowest BCUT2D eigenvalue weighted by Gasteiger charge is -2.36. The highest BCUT2D eigenvalue weighted by molar-refractivity contribution is 6.70. The molecule has 0 fully saturated rings. The first-order valence-electron chi connectivity index (χ1n) is 9.83. The molecule has 0 radical (unpaired) electrons. The Kier molecular flexibility index (Phi) is 6.73. The second-order valence-corrected chi connectivity index (χ2v) is 13.6. The van der Waals surface area contributed by atoms with Crippen LogP contribution in [0.25, 0.3) is 5.76 Å². The van der Waals surface area contributed by atoms with Gasteiger partial charge < -0.3 is 23.4 Å². The maximum absolute atomic E-state index is 13.4. The van der Waals surface area contributed by atoms with Crippen LogP contribution in [0, 0.1) is 0 Å². The van der Waals surface area contributed by atoms with E-state index in [2.05, 4.69) is 0 Å². The van der Waals surface area contributed by atoms with E-state index < -0.39 is 37.6 Å². The molecule has 0 spiro atoms. The van der Waals surface area contributed by atoms with Crippen molar-refractivity contribution in [3.05, 3.63) is 35.4 Å². The van der Waals surface area contributed by atoms with E-state index in [-0.39, 0.29) is 11.3 Å². The Morgan fingerprint density at radius 2 is 1.63 bits per heavy atom. The van der Waals surface area contributed by atoms with Crippen molar-refractivity contribution < 1.29 is 33.0 Å². The average Bonchev–Trinajstić information content (AvgIpc) is 2.91. The lowest BCUT2D eigenvalue weighted by atomic mass is 9.88. The van der Waals surface area contributed by atoms with Crippen LogP contribution >= 0.6 is 0 Å². The van der Waals surface area contributed by atoms with Crippen LogP contribution in [0.15, 0.2) is 29.8 Å². The van der Waals surface area contributed by atoms with Crippen molar-refractivity contribution in [3.63, 3.8) is 0 Å². The lowest BCUT2D eigenvalue weighted by Crippen LogP contribution is -2.57. The van der Waals surface area contributed by atoms with Crippen LogP contribution in [0.2, 0.25) is 19.6 Å². The summed E-state index contributed by atoms with van der Waals surface area (Å²) in [7, 11) is 0.485. The number of benzene rings is 1. The van der Waals surface area contributed by atoms with Crippen molar-refractivity contribution in [3.8, 4) is 5.75 Å². The van der Waals surface area contributed by atoms with E-state index in [0.717, 1.165) is 0 Å². The molecule has 0 unspecified atom stereocenters. The Morgan fingerprint density at radius 3 is 2.07 bits per heavy atom. The zero-order valence-electron chi connectivity index (χ0n) is 19.2. The molecule has 0 saturated heterocycles. The highest BCUT2D eigenvalue weighted by atomic mass is 28.4. The molecule has 0 bridgehead atoms. The third kappa shape index (κ3) is 4.87. The maximum atomic E-state index is 13.4. The van der Waals surface area contributed by atoms with E-state index in [1.165, 1.54) is 7.11 Å². The molecule has 0 aliphatic carbocycles. The predicted molar refractivity (Wildman–Crippen MR) is 115 cm³/mol. The molecule has 1 heterocycles. The van der Waals surface area contributed by atoms with Gasteiger partial charge in [0.15, 0.2) is 8.32 Å². The SMILES string of the molecule is COC(=O)[C@]1(O[Si](C)(C)C)C(C(=O)OC(C)(C)C)=C(c2ccc(OC)cc2)O[C@H]1C. The van der Waals surface area contributed by atoms with Crippen molar-refractivity contribution in [2.24, 2.45) is 0 Å². The summed E-state index contributed by atoms with van der Waals surface area (Å²) in [6.45, 7) is 12.8. The van der Waals surface area contributed by atoms with Crippen LogP contribution in [-0.4, -0.2) is 51.8 Å². The predicted octanol–water partition coefficient (Wildman–Crippen LogP) is 3.93. The van der Waals surface area contributed by atoms with E-state index in [1.54, 1.807) is 59.1 Å². The molecule has 166 valence electrons. The number of carbonyl (C=O) groups is 2. The molecule has 1 aromatic carbocycles. The Hall–Kier alpha value is -2.32. The van der Waals surface area contributed by atoms with E-state index in [1.807, 2.05) is 19.6 Å². The Labute approximate surface area is 179 Å². The van der Waals surface area contributed by atoms with Crippen LogP contribution in [0.4, 0.5) is 0 Å². The molecule has 2 atom stereocenters. The molecule has 0 amide bonds. The van der Waals surface area contributed by atoms with E-state index in [4.69, 9.17) is 23.4 Å². The Balaban J connectivity index is 2.78. The fourth-order valence-electron chi connectivity index (χ4n) is 3.30. The van der Waals surface area contributed by atoms with E-state index >= 15 is 0 Å². The summed E-state index contributed by atoms with van der Waals surface area (Å²) >= 11 is 0. The van der Waals surface area contributed by atoms with E-state index in [0.29, 0.717) is 11.3 Å². The van der Waals surface area contributed by atoms with Crippen LogP contribution in [0.3, 0.4) is 0 Å². The fraction of sp³-hybridized carbons (Fsp3) is 0.545. The summed E-state index contributed by atoms with van der Waals surface area (Å²) in [5.74, 6) is -0.479. The number of esters is 2. The summed E-state index contributed by atoms with van der Waals surface area (Å²) in [5.41, 5.74) is -1.88. The van der Waals surface area contributed by atoms with Gasteiger partial charge in [0.2, 0.25) is 5.60 Å². The molecule has 30 heavy (non-hydrogen) atoms. The molecule has 2 rings (SSSR count). The van der Waals surface area contributed by atoms with Crippen molar-refractivity contribution >= 4 is 26.0 Å². The third-order valence-electron chi connectivity index (χ3n) is 4.38. The summed E-state index contributed by atoms with van der Waals surface area (Å²) in [5, 5.41) is 0. The number of hydrogen-bond donors (Lipinski definition) is 0. The third-order valence-corrected chi connectivity index (χ3v) is 5.31. The number of ether oxygens (including phenoxy) is 4. The minimum atomic E-state index is -2.35. The Bertz CT molecular complexity index is 831. The number of carbonyl (C=O) groups excluding carboxylic acids is 2. The first kappa shape index (κ1) is 24.0. The van der Waals surface area contributed by atoms with Crippen LogP contribution in [-0.2, 0) is 28.2 Å². The molecule has 1 aliphatic rings. The highest BCUT2D eigenvalue weighted by Crippen LogP contribution is 2.45. The number of rotatable bonds is 6. The van der Waals surface area contributed by atoms with Gasteiger partial charge >= 0.3 is 11.9 Å². The van der Waals surface area contributed by atoms with Gasteiger partial charge in [-0.15, -0.1) is 0 Å². The minimum Gasteiger partial charge on any atom is -0.497 e. The molecule has 7 nitrogen and oxygen atoms in total. The summed E-state index contributed by atoms with van der Waals surface area (Å²) < 4.78 is 28.4. The molecule has 0 N–H and O–H groups in total. The van der Waals surface area contributed by atoms with E-state index in [9.17, 15) is 9.59 Å². The van der Waals surface area contributed by atoms with Gasteiger partial charge in [0.05, 0.1) is 14.2 Å². The molecule has 8 heteroatoms. The molecular weight excluding hydrogens is 404 g/mol. The molecule has 0 saturated carbocycles. The number of methoxy groups -OCH3 is 2. The molecule has 1 aromatic rings. The standard InChI is InChI=1S/C22H32O7Si/c1-14-22(20(24)26-6,29-30(7,8)9)17(19(23)28-21(2,3)4)18(27-14)15-10-12-16(25-5)13-11-15/h10-14H,1-9H3/t14-,22+/m0/s1. The van der Waals surface area contributed by atoms with Crippen LogP contribution in [0.5, 0.6) is 5.75 Å². The van der Waals surface area contributed by atoms with Crippen molar-refractivity contribution in [2.45, 2.75) is 64.6 Å². The lowest BCUT2D eigenvalue weighted by molar-refractivity contribution is -0.167. The first-order valence-corrected chi connectivity index (χ1v) is 13.2. The smallest absolute Gasteiger partial charge is 0.346 e. The second-order valence-electron chi connectivity index (χ2n) is 9.14. The summed E-state index contributed by atoms with van der Waals surface area (Å²) in [6, 6.07) is 7.02. The van der Waals surface area contributed by atoms with Crippen molar-refractivity contribution in [1.29, 1.82) is 0 Å². The maximum Gasteiger partial charge on any atom is 0.346 e. The molecular formula is C22H32O7Si. The highest BCUT2D eigenvalue weighted by Gasteiger charge is 2.62. The van der Waals surface area contributed by atoms with Gasteiger partial charge in [0.25, 0.3) is 0 Å². The van der Waals surface area contributed by atoms with Gasteiger partial charge in [-0.25, -0.2) is 9.59 Å². The largest absolute Gasteiger partial charge is 0.497 e. The second kappa shape index (κ2) is 8.43. The minimum absolute atomic E-state index is 0.0179. The summed E-state index contributed by atoms with van der Waals surface area (Å²) in [4.78, 5) is 26.5. The van der Waals surface area contributed by atoms with Crippen LogP contribution in [0.1, 0.15) is 33.3 Å². The quantitative estimate of drug-likeness (QED) is 0.494. The zero-order chi connectivity index (χ0) is 22.9. The average molecular weight is 437 g/mol. The van der Waals surface area contributed by atoms with Crippen molar-refractivity contribution in [1.82, 2.24) is 0 Å². The van der Waals surface area contributed by atoms with Crippen LogP contribution < -0.4 is 4.74 Å². The van der Waals surface area contributed by atoms with Gasteiger partial charge in [0.1, 0.15) is 28.8 Å². The van der Waals surface area contributed by atoms with Gasteiger partial charge in [0, 0.05) is 5.56 Å². The van der Waals surface area contributed by atoms with Gasteiger partial charge in [-0.1, -0.05) is 0 Å². The Morgan fingerprint density at radius 1 is 1.07 bits per heavy atom. The van der Waals surface area contributed by atoms with Crippen molar-refractivity contribution in [2.75, 3.05) is 14.2 Å². The first-order chi connectivity index (χ1) is 13.7. The summed E-state index contributed by atoms with van der Waals surface area (Å²) in [6.07, 6.45) is -0.795. The van der Waals surface area contributed by atoms with Gasteiger partial charge in [-0.2, -0.15) is 0 Å². The number of hydrogen-bond acceptors (Lipinski definition) is 7. The molecule has 1 aliphatic heterocycles. The fourth-order valence-corrected chi connectivity index (χ4v) is 4.61. The van der Waals surface area contributed by atoms with Gasteiger partial charge in [-0.3, -0.25) is 0 Å². The topological polar surface area (TPSA) is 80.3 Å². The normalized spacial score (nSPS) is 21.8. The zero-order valence-corrected chi connectivity index (χ0v) is 20.2. The van der Waals surface area contributed by atoms with Gasteiger partial charge in [-0.05, 0) is 71.6 Å². The monoisotopic (exact) mass is 436 g/mol. The molecule has 0 aromatic heterocycles.